The van der Waals surface area contributed by atoms with Crippen LogP contribution in [0.3, 0.4) is 0 Å². The molecule has 3 heteroatoms. The Balaban J connectivity index is 1.78. The summed E-state index contributed by atoms with van der Waals surface area (Å²) >= 11 is 1.75. The fourth-order valence-corrected chi connectivity index (χ4v) is 2.64. The summed E-state index contributed by atoms with van der Waals surface area (Å²) in [6, 6.07) is 15.0. The molecule has 2 heterocycles. The zero-order valence-electron chi connectivity index (χ0n) is 8.76. The lowest BCUT2D eigenvalue weighted by Crippen LogP contribution is -2.09. The minimum absolute atomic E-state index is 0.332. The minimum Gasteiger partial charge on any atom is -0.302 e. The first-order chi connectivity index (χ1) is 7.93. The van der Waals surface area contributed by atoms with E-state index in [1.807, 2.05) is 6.07 Å². The van der Waals surface area contributed by atoms with Gasteiger partial charge in [-0.15, -0.1) is 11.3 Å². The van der Waals surface area contributed by atoms with Crippen LogP contribution in [0.5, 0.6) is 0 Å². The Labute approximate surface area is 98.6 Å². The Morgan fingerprint density at radius 3 is 2.75 bits per heavy atom. The van der Waals surface area contributed by atoms with Gasteiger partial charge in [0, 0.05) is 6.42 Å². The molecule has 0 radical (unpaired) electrons. The van der Waals surface area contributed by atoms with Crippen LogP contribution in [0.4, 0.5) is 0 Å². The van der Waals surface area contributed by atoms with Crippen molar-refractivity contribution in [1.29, 1.82) is 0 Å². The molecule has 0 aliphatic carbocycles. The van der Waals surface area contributed by atoms with E-state index in [9.17, 15) is 0 Å². The molecule has 1 aromatic heterocycles. The van der Waals surface area contributed by atoms with Gasteiger partial charge in [-0.1, -0.05) is 36.4 Å². The summed E-state index contributed by atoms with van der Waals surface area (Å²) in [6.07, 6.45) is 0.977. The molecule has 1 aromatic carbocycles. The van der Waals surface area contributed by atoms with E-state index in [1.54, 1.807) is 11.3 Å². The fourth-order valence-electron chi connectivity index (χ4n) is 1.92. The predicted octanol–water partition coefficient (Wildman–Crippen LogP) is 3.19. The van der Waals surface area contributed by atoms with E-state index in [4.69, 9.17) is 0 Å². The fraction of sp³-hybridized carbons (Fsp3) is 0.154. The van der Waals surface area contributed by atoms with Crippen molar-refractivity contribution in [2.24, 2.45) is 5.10 Å². The molecule has 1 aliphatic rings. The third-order valence-corrected chi connectivity index (χ3v) is 3.68. The summed E-state index contributed by atoms with van der Waals surface area (Å²) in [4.78, 5) is 1.27. The Bertz CT molecular complexity index is 488. The van der Waals surface area contributed by atoms with Gasteiger partial charge in [0.2, 0.25) is 0 Å². The zero-order chi connectivity index (χ0) is 10.8. The molecule has 1 atom stereocenters. The second kappa shape index (κ2) is 4.10. The van der Waals surface area contributed by atoms with Crippen LogP contribution in [0.2, 0.25) is 0 Å². The van der Waals surface area contributed by atoms with E-state index in [0.717, 1.165) is 6.42 Å². The van der Waals surface area contributed by atoms with E-state index in [1.165, 1.54) is 16.2 Å². The molecular formula is C13H12N2S. The summed E-state index contributed by atoms with van der Waals surface area (Å²) in [5, 5.41) is 6.50. The normalized spacial score (nSPS) is 19.2. The van der Waals surface area contributed by atoms with Gasteiger partial charge < -0.3 is 5.43 Å². The Morgan fingerprint density at radius 2 is 2.00 bits per heavy atom. The highest BCUT2D eigenvalue weighted by molar-refractivity contribution is 7.12. The first-order valence-corrected chi connectivity index (χ1v) is 6.22. The lowest BCUT2D eigenvalue weighted by molar-refractivity contribution is 0.620. The van der Waals surface area contributed by atoms with Gasteiger partial charge in [0.05, 0.1) is 16.6 Å². The molecule has 2 nitrogen and oxygen atoms in total. The number of benzene rings is 1. The molecule has 16 heavy (non-hydrogen) atoms. The summed E-state index contributed by atoms with van der Waals surface area (Å²) in [7, 11) is 0. The average Bonchev–Trinajstić information content (AvgIpc) is 3.01. The van der Waals surface area contributed by atoms with E-state index >= 15 is 0 Å². The van der Waals surface area contributed by atoms with Crippen LogP contribution in [-0.4, -0.2) is 5.71 Å². The molecule has 80 valence electrons. The second-order valence-corrected chi connectivity index (χ2v) is 4.78. The Hall–Kier alpha value is -1.61. The second-order valence-electron chi connectivity index (χ2n) is 3.83. The van der Waals surface area contributed by atoms with Crippen LogP contribution >= 0.6 is 11.3 Å². The van der Waals surface area contributed by atoms with Crippen molar-refractivity contribution in [2.75, 3.05) is 0 Å². The van der Waals surface area contributed by atoms with Crippen molar-refractivity contribution in [3.05, 3.63) is 58.3 Å². The van der Waals surface area contributed by atoms with Gasteiger partial charge in [-0.3, -0.25) is 0 Å². The van der Waals surface area contributed by atoms with Gasteiger partial charge in [-0.25, -0.2) is 0 Å². The van der Waals surface area contributed by atoms with Crippen LogP contribution in [0.25, 0.3) is 0 Å². The van der Waals surface area contributed by atoms with Gasteiger partial charge in [0.25, 0.3) is 0 Å². The lowest BCUT2D eigenvalue weighted by Gasteiger charge is -2.08. The molecule has 0 amide bonds. The number of nitrogens with one attached hydrogen (secondary N) is 1. The van der Waals surface area contributed by atoms with Crippen molar-refractivity contribution >= 4 is 17.0 Å². The van der Waals surface area contributed by atoms with Crippen molar-refractivity contribution in [3.8, 4) is 0 Å². The average molecular weight is 228 g/mol. The molecule has 0 saturated heterocycles. The molecule has 0 fully saturated rings. The summed E-state index contributed by atoms with van der Waals surface area (Å²) < 4.78 is 0. The van der Waals surface area contributed by atoms with Crippen molar-refractivity contribution < 1.29 is 0 Å². The lowest BCUT2D eigenvalue weighted by atomic mass is 10.0. The topological polar surface area (TPSA) is 24.4 Å². The molecule has 0 bridgehead atoms. The van der Waals surface area contributed by atoms with Gasteiger partial charge in [0.15, 0.2) is 0 Å². The molecule has 0 saturated carbocycles. The van der Waals surface area contributed by atoms with E-state index in [-0.39, 0.29) is 0 Å². The smallest absolute Gasteiger partial charge is 0.0799 e. The third-order valence-electron chi connectivity index (χ3n) is 2.76. The zero-order valence-corrected chi connectivity index (χ0v) is 9.58. The number of thiophene rings is 1. The number of hydrogen-bond acceptors (Lipinski definition) is 3. The number of nitrogens with zero attached hydrogens (tertiary/aromatic N) is 1. The quantitative estimate of drug-likeness (QED) is 0.838. The van der Waals surface area contributed by atoms with Gasteiger partial charge >= 0.3 is 0 Å². The standard InChI is InChI=1S/C13H12N2S/c1-2-5-10(6-3-1)11-9-12(15-14-11)13-7-4-8-16-13/h1-8,11,14H,9H2/t11-/m0/s1. The molecular weight excluding hydrogens is 216 g/mol. The minimum atomic E-state index is 0.332. The first kappa shape index (κ1) is 9.60. The maximum atomic E-state index is 4.41. The van der Waals surface area contributed by atoms with Crippen LogP contribution in [0, 0.1) is 0 Å². The van der Waals surface area contributed by atoms with Gasteiger partial charge in [-0.05, 0) is 17.0 Å². The molecule has 3 rings (SSSR count). The van der Waals surface area contributed by atoms with E-state index < -0.39 is 0 Å². The SMILES string of the molecule is c1ccc([C@@H]2CC(c3cccs3)=NN2)cc1. The van der Waals surface area contributed by atoms with E-state index in [0.29, 0.717) is 6.04 Å². The molecule has 1 N–H and O–H groups in total. The monoisotopic (exact) mass is 228 g/mol. The maximum Gasteiger partial charge on any atom is 0.0799 e. The van der Waals surface area contributed by atoms with Gasteiger partial charge in [-0.2, -0.15) is 5.10 Å². The highest BCUT2D eigenvalue weighted by Crippen LogP contribution is 2.25. The highest BCUT2D eigenvalue weighted by atomic mass is 32.1. The first-order valence-electron chi connectivity index (χ1n) is 5.34. The molecule has 0 unspecified atom stereocenters. The van der Waals surface area contributed by atoms with Crippen LogP contribution in [0.15, 0.2) is 52.9 Å². The number of hydrazone groups is 1. The molecule has 2 aromatic rings. The van der Waals surface area contributed by atoms with Crippen molar-refractivity contribution in [3.63, 3.8) is 0 Å². The number of hydrogen-bond donors (Lipinski definition) is 1. The summed E-state index contributed by atoms with van der Waals surface area (Å²) in [5.74, 6) is 0. The van der Waals surface area contributed by atoms with E-state index in [2.05, 4.69) is 52.3 Å². The van der Waals surface area contributed by atoms with Crippen LogP contribution < -0.4 is 5.43 Å². The third kappa shape index (κ3) is 1.74. The molecule has 0 spiro atoms. The Morgan fingerprint density at radius 1 is 1.12 bits per heavy atom. The van der Waals surface area contributed by atoms with Crippen molar-refractivity contribution in [1.82, 2.24) is 5.43 Å². The Kier molecular flexibility index (Phi) is 2.46. The predicted molar refractivity (Wildman–Crippen MR) is 67.8 cm³/mol. The van der Waals surface area contributed by atoms with Crippen molar-refractivity contribution in [2.45, 2.75) is 12.5 Å². The number of rotatable bonds is 2. The van der Waals surface area contributed by atoms with Gasteiger partial charge in [0.1, 0.15) is 0 Å². The van der Waals surface area contributed by atoms with Crippen LogP contribution in [-0.2, 0) is 0 Å². The summed E-state index contributed by atoms with van der Waals surface area (Å²) in [6.45, 7) is 0. The van der Waals surface area contributed by atoms with Crippen LogP contribution in [0.1, 0.15) is 22.9 Å². The molecule has 1 aliphatic heterocycles. The maximum absolute atomic E-state index is 4.41. The summed E-state index contributed by atoms with van der Waals surface area (Å²) in [5.41, 5.74) is 5.68. The largest absolute Gasteiger partial charge is 0.302 e. The highest BCUT2D eigenvalue weighted by Gasteiger charge is 2.21.